The van der Waals surface area contributed by atoms with E-state index < -0.39 is 0 Å². The number of anilines is 1. The molecule has 0 unspecified atom stereocenters. The average molecular weight is 500 g/mol. The van der Waals surface area contributed by atoms with Gasteiger partial charge in [-0.05, 0) is 62.2 Å². The Morgan fingerprint density at radius 1 is 1.15 bits per heavy atom. The standard InChI is InChI=1S/C25H27Cl2N5O2/c1-16(20-8-6-18(26)12-21(20)27)32-23-13-19(7-5-17(23)14-29-32)31-11-10-30(15-24(31)33)25(34)22-4-2-3-9-28-22/h5-8,12-14,16,22,28H,2-4,9-11,15H2,1H3/t16-,22-/m1/s1. The largest absolute Gasteiger partial charge is 0.330 e. The first kappa shape index (κ1) is 23.1. The average Bonchev–Trinajstić information content (AvgIpc) is 3.27. The van der Waals surface area contributed by atoms with Crippen LogP contribution in [-0.4, -0.2) is 58.7 Å². The number of benzene rings is 2. The van der Waals surface area contributed by atoms with Gasteiger partial charge in [0.2, 0.25) is 11.8 Å². The van der Waals surface area contributed by atoms with Gasteiger partial charge in [0.15, 0.2) is 0 Å². The van der Waals surface area contributed by atoms with Gasteiger partial charge in [0.05, 0.1) is 23.8 Å². The van der Waals surface area contributed by atoms with Crippen LogP contribution < -0.4 is 10.2 Å². The number of carbonyl (C=O) groups is 2. The molecular weight excluding hydrogens is 473 g/mol. The van der Waals surface area contributed by atoms with Crippen LogP contribution in [0.4, 0.5) is 5.69 Å². The number of halogens is 2. The van der Waals surface area contributed by atoms with E-state index in [0.717, 1.165) is 48.0 Å². The molecule has 7 nitrogen and oxygen atoms in total. The van der Waals surface area contributed by atoms with Crippen LogP contribution in [0.25, 0.3) is 10.9 Å². The SMILES string of the molecule is C[C@H](c1ccc(Cl)cc1Cl)n1ncc2ccc(N3CCN(C(=O)[C@H]4CCCCN4)CC3=O)cc21. The molecule has 0 aliphatic carbocycles. The molecule has 2 aliphatic heterocycles. The van der Waals surface area contributed by atoms with E-state index in [1.54, 1.807) is 15.9 Å². The molecule has 2 atom stereocenters. The van der Waals surface area contributed by atoms with Crippen molar-refractivity contribution < 1.29 is 9.59 Å². The molecule has 2 amide bonds. The maximum Gasteiger partial charge on any atom is 0.246 e. The zero-order valence-electron chi connectivity index (χ0n) is 19.0. The Morgan fingerprint density at radius 3 is 2.74 bits per heavy atom. The van der Waals surface area contributed by atoms with E-state index in [0.29, 0.717) is 23.1 Å². The van der Waals surface area contributed by atoms with E-state index in [2.05, 4.69) is 10.4 Å². The topological polar surface area (TPSA) is 70.5 Å². The van der Waals surface area contributed by atoms with Crippen LogP contribution in [0.15, 0.2) is 42.6 Å². The molecule has 0 radical (unpaired) electrons. The Hall–Kier alpha value is -2.61. The second kappa shape index (κ2) is 9.56. The molecule has 2 aromatic carbocycles. The summed E-state index contributed by atoms with van der Waals surface area (Å²) in [7, 11) is 0. The Balaban J connectivity index is 1.36. The number of hydrogen-bond donors (Lipinski definition) is 1. The van der Waals surface area contributed by atoms with Crippen molar-refractivity contribution in [2.45, 2.75) is 38.3 Å². The fourth-order valence-electron chi connectivity index (χ4n) is 4.89. The number of piperidine rings is 1. The van der Waals surface area contributed by atoms with Crippen molar-refractivity contribution in [2.75, 3.05) is 31.1 Å². The molecule has 2 fully saturated rings. The lowest BCUT2D eigenvalue weighted by atomic mass is 10.0. The molecule has 0 saturated carbocycles. The number of hydrogen-bond acceptors (Lipinski definition) is 4. The Kier molecular flexibility index (Phi) is 6.51. The number of nitrogens with one attached hydrogen (secondary N) is 1. The number of aromatic nitrogens is 2. The third-order valence-electron chi connectivity index (χ3n) is 6.81. The second-order valence-electron chi connectivity index (χ2n) is 8.98. The summed E-state index contributed by atoms with van der Waals surface area (Å²) in [5.41, 5.74) is 2.63. The van der Waals surface area contributed by atoms with Crippen molar-refractivity contribution in [3.05, 3.63) is 58.2 Å². The van der Waals surface area contributed by atoms with E-state index in [9.17, 15) is 9.59 Å². The van der Waals surface area contributed by atoms with Crippen LogP contribution in [0.2, 0.25) is 10.0 Å². The third kappa shape index (κ3) is 4.40. The third-order valence-corrected chi connectivity index (χ3v) is 7.38. The summed E-state index contributed by atoms with van der Waals surface area (Å²) in [4.78, 5) is 29.3. The van der Waals surface area contributed by atoms with Gasteiger partial charge in [0, 0.05) is 34.2 Å². The molecule has 3 heterocycles. The summed E-state index contributed by atoms with van der Waals surface area (Å²) in [5.74, 6) is -0.0375. The highest BCUT2D eigenvalue weighted by Crippen LogP contribution is 2.32. The number of amides is 2. The number of carbonyl (C=O) groups excluding carboxylic acids is 2. The van der Waals surface area contributed by atoms with Gasteiger partial charge in [-0.2, -0.15) is 5.10 Å². The van der Waals surface area contributed by atoms with Crippen LogP contribution in [0.3, 0.4) is 0 Å². The van der Waals surface area contributed by atoms with Crippen LogP contribution in [0.1, 0.15) is 37.8 Å². The molecule has 1 aromatic heterocycles. The molecule has 0 bridgehead atoms. The maximum absolute atomic E-state index is 13.0. The summed E-state index contributed by atoms with van der Waals surface area (Å²) in [6, 6.07) is 11.1. The van der Waals surface area contributed by atoms with Gasteiger partial charge < -0.3 is 15.1 Å². The molecule has 0 spiro atoms. The number of rotatable bonds is 4. The Bertz CT molecular complexity index is 1240. The normalized spacial score (nSPS) is 20.1. The van der Waals surface area contributed by atoms with Gasteiger partial charge in [-0.1, -0.05) is 35.7 Å². The number of nitrogens with zero attached hydrogens (tertiary/aromatic N) is 4. The quantitative estimate of drug-likeness (QED) is 0.581. The van der Waals surface area contributed by atoms with E-state index in [1.165, 1.54) is 0 Å². The van der Waals surface area contributed by atoms with Crippen LogP contribution >= 0.6 is 23.2 Å². The van der Waals surface area contributed by atoms with Gasteiger partial charge >= 0.3 is 0 Å². The zero-order chi connectivity index (χ0) is 23.8. The molecular formula is C25H27Cl2N5O2. The molecule has 34 heavy (non-hydrogen) atoms. The van der Waals surface area contributed by atoms with Gasteiger partial charge in [0.25, 0.3) is 0 Å². The van der Waals surface area contributed by atoms with E-state index in [-0.39, 0.29) is 30.4 Å². The van der Waals surface area contributed by atoms with Crippen molar-refractivity contribution in [1.29, 1.82) is 0 Å². The lowest BCUT2D eigenvalue weighted by Gasteiger charge is -2.37. The second-order valence-corrected chi connectivity index (χ2v) is 9.83. The van der Waals surface area contributed by atoms with Crippen LogP contribution in [0, 0.1) is 0 Å². The lowest BCUT2D eigenvalue weighted by Crippen LogP contribution is -2.57. The smallest absolute Gasteiger partial charge is 0.246 e. The minimum Gasteiger partial charge on any atom is -0.330 e. The van der Waals surface area contributed by atoms with E-state index in [1.807, 2.05) is 48.1 Å². The Labute approximate surface area is 208 Å². The first-order chi connectivity index (χ1) is 16.4. The molecule has 3 aromatic rings. The highest BCUT2D eigenvalue weighted by atomic mass is 35.5. The summed E-state index contributed by atoms with van der Waals surface area (Å²) in [6.45, 7) is 3.98. The number of fused-ring (bicyclic) bond motifs is 1. The van der Waals surface area contributed by atoms with Crippen LogP contribution in [0.5, 0.6) is 0 Å². The van der Waals surface area contributed by atoms with Crippen molar-refractivity contribution in [3.63, 3.8) is 0 Å². The van der Waals surface area contributed by atoms with Crippen molar-refractivity contribution in [2.24, 2.45) is 0 Å². The Morgan fingerprint density at radius 2 is 2.00 bits per heavy atom. The van der Waals surface area contributed by atoms with Gasteiger partial charge in [0.1, 0.15) is 6.54 Å². The highest BCUT2D eigenvalue weighted by molar-refractivity contribution is 6.35. The van der Waals surface area contributed by atoms with Crippen molar-refractivity contribution >= 4 is 51.6 Å². The molecule has 2 saturated heterocycles. The van der Waals surface area contributed by atoms with Crippen molar-refractivity contribution in [3.8, 4) is 0 Å². The predicted octanol–water partition coefficient (Wildman–Crippen LogP) is 4.27. The monoisotopic (exact) mass is 499 g/mol. The molecule has 9 heteroatoms. The fourth-order valence-corrected chi connectivity index (χ4v) is 5.46. The van der Waals surface area contributed by atoms with Gasteiger partial charge in [-0.25, -0.2) is 0 Å². The van der Waals surface area contributed by atoms with Gasteiger partial charge in [-0.3, -0.25) is 14.3 Å². The number of piperazine rings is 1. The minimum atomic E-state index is -0.167. The summed E-state index contributed by atoms with van der Waals surface area (Å²) in [6.07, 6.45) is 4.79. The van der Waals surface area contributed by atoms with E-state index >= 15 is 0 Å². The predicted molar refractivity (Wildman–Crippen MR) is 135 cm³/mol. The van der Waals surface area contributed by atoms with E-state index in [4.69, 9.17) is 23.2 Å². The van der Waals surface area contributed by atoms with Gasteiger partial charge in [-0.15, -0.1) is 0 Å². The van der Waals surface area contributed by atoms with Crippen LogP contribution in [-0.2, 0) is 9.59 Å². The molecule has 178 valence electrons. The lowest BCUT2D eigenvalue weighted by molar-refractivity contribution is -0.139. The van der Waals surface area contributed by atoms with Crippen molar-refractivity contribution in [1.82, 2.24) is 20.0 Å². The summed E-state index contributed by atoms with van der Waals surface area (Å²) >= 11 is 12.5. The maximum atomic E-state index is 13.0. The molecule has 1 N–H and O–H groups in total. The first-order valence-corrected chi connectivity index (χ1v) is 12.4. The summed E-state index contributed by atoms with van der Waals surface area (Å²) in [5, 5.41) is 10.0. The highest BCUT2D eigenvalue weighted by Gasteiger charge is 2.32. The molecule has 2 aliphatic rings. The fraction of sp³-hybridized carbons (Fsp3) is 0.400. The molecule has 5 rings (SSSR count). The minimum absolute atomic E-state index is 0.0369. The first-order valence-electron chi connectivity index (χ1n) is 11.7. The summed E-state index contributed by atoms with van der Waals surface area (Å²) < 4.78 is 1.91. The zero-order valence-corrected chi connectivity index (χ0v) is 20.5.